The molecule has 2 heterocycles. The second kappa shape index (κ2) is 7.12. The van der Waals surface area contributed by atoms with Gasteiger partial charge in [-0.05, 0) is 32.3 Å². The molecule has 0 bridgehead atoms. The fourth-order valence-electron chi connectivity index (χ4n) is 2.72. The number of imidazole rings is 2. The molecule has 0 radical (unpaired) electrons. The van der Waals surface area contributed by atoms with E-state index in [0.29, 0.717) is 35.9 Å². The van der Waals surface area contributed by atoms with E-state index in [9.17, 15) is 13.9 Å². The highest BCUT2D eigenvalue weighted by Gasteiger charge is 2.20. The molecule has 3 rings (SSSR count). The van der Waals surface area contributed by atoms with Gasteiger partial charge in [-0.25, -0.2) is 18.7 Å². The minimum atomic E-state index is -0.940. The number of nitrogens with one attached hydrogen (secondary N) is 1. The van der Waals surface area contributed by atoms with Gasteiger partial charge in [0.25, 0.3) is 0 Å². The number of hydrogen-bond donors (Lipinski definition) is 2. The van der Waals surface area contributed by atoms with Crippen LogP contribution in [-0.2, 0) is 6.54 Å². The molecule has 2 N–H and O–H groups in total. The van der Waals surface area contributed by atoms with Crippen molar-refractivity contribution in [3.63, 3.8) is 0 Å². The summed E-state index contributed by atoms with van der Waals surface area (Å²) in [5.74, 6) is -1.32. The summed E-state index contributed by atoms with van der Waals surface area (Å²) in [6.45, 7) is 0.779. The van der Waals surface area contributed by atoms with Crippen molar-refractivity contribution < 1.29 is 13.9 Å². The molecule has 1 atom stereocenters. The van der Waals surface area contributed by atoms with Crippen LogP contribution in [0.4, 0.5) is 8.78 Å². The molecule has 0 saturated carbocycles. The Bertz CT molecular complexity index is 845. The molecule has 8 heteroatoms. The summed E-state index contributed by atoms with van der Waals surface area (Å²) in [7, 11) is 3.74. The van der Waals surface area contributed by atoms with E-state index in [0.717, 1.165) is 12.1 Å². The summed E-state index contributed by atoms with van der Waals surface area (Å²) in [6, 6.07) is 3.63. The lowest BCUT2D eigenvalue weighted by atomic mass is 10.1. The van der Waals surface area contributed by atoms with E-state index in [1.165, 1.54) is 6.07 Å². The highest BCUT2D eigenvalue weighted by Crippen LogP contribution is 2.30. The minimum Gasteiger partial charge on any atom is -0.390 e. The lowest BCUT2D eigenvalue weighted by molar-refractivity contribution is 0.120. The van der Waals surface area contributed by atoms with E-state index in [1.807, 2.05) is 19.0 Å². The predicted molar refractivity (Wildman–Crippen MR) is 89.7 cm³/mol. The Morgan fingerprint density at radius 3 is 2.68 bits per heavy atom. The Hall–Kier alpha value is -2.58. The van der Waals surface area contributed by atoms with Gasteiger partial charge < -0.3 is 19.6 Å². The van der Waals surface area contributed by atoms with Gasteiger partial charge >= 0.3 is 0 Å². The summed E-state index contributed by atoms with van der Waals surface area (Å²) in [5.41, 5.74) is 1.51. The first kappa shape index (κ1) is 17.2. The molecule has 1 aromatic carbocycles. The smallest absolute Gasteiger partial charge is 0.159 e. The Morgan fingerprint density at radius 2 is 2.04 bits per heavy atom. The first-order valence-electron chi connectivity index (χ1n) is 7.79. The number of aliphatic hydroxyl groups excluding tert-OH is 1. The molecule has 0 aliphatic heterocycles. The molecule has 3 aromatic rings. The number of likely N-dealkylation sites (N-methyl/N-ethyl adjacent to an activating group) is 1. The molecule has 6 nitrogen and oxygen atoms in total. The summed E-state index contributed by atoms with van der Waals surface area (Å²) in [6.07, 6.45) is 4.21. The van der Waals surface area contributed by atoms with Gasteiger partial charge in [0.15, 0.2) is 17.5 Å². The normalized spacial score (nSPS) is 12.7. The summed E-state index contributed by atoms with van der Waals surface area (Å²) >= 11 is 0. The third-order valence-electron chi connectivity index (χ3n) is 3.74. The quantitative estimate of drug-likeness (QED) is 0.717. The number of aromatic nitrogens is 4. The van der Waals surface area contributed by atoms with Gasteiger partial charge in [-0.1, -0.05) is 0 Å². The number of benzene rings is 1. The molecule has 1 unspecified atom stereocenters. The molecule has 0 aliphatic rings. The second-order valence-electron chi connectivity index (χ2n) is 6.08. The second-order valence-corrected chi connectivity index (χ2v) is 6.08. The zero-order valence-electron chi connectivity index (χ0n) is 13.9. The van der Waals surface area contributed by atoms with Crippen LogP contribution >= 0.6 is 0 Å². The van der Waals surface area contributed by atoms with Crippen LogP contribution in [0.2, 0.25) is 0 Å². The van der Waals surface area contributed by atoms with Crippen molar-refractivity contribution in [1.29, 1.82) is 0 Å². The predicted octanol–water partition coefficient (Wildman–Crippen LogP) is 2.14. The average Bonchev–Trinajstić information content (AvgIpc) is 3.18. The van der Waals surface area contributed by atoms with Gasteiger partial charge in [0.1, 0.15) is 5.69 Å². The van der Waals surface area contributed by atoms with Crippen LogP contribution in [0.3, 0.4) is 0 Å². The third kappa shape index (κ3) is 3.75. The Morgan fingerprint density at radius 1 is 1.24 bits per heavy atom. The summed E-state index contributed by atoms with van der Waals surface area (Å²) in [5, 5.41) is 10.2. The number of hydrogen-bond acceptors (Lipinski definition) is 4. The first-order chi connectivity index (χ1) is 12.0. The zero-order valence-corrected chi connectivity index (χ0v) is 13.9. The van der Waals surface area contributed by atoms with Gasteiger partial charge in [0, 0.05) is 24.5 Å². The number of aromatic amines is 1. The molecular formula is C17H19F2N5O. The Balaban J connectivity index is 2.03. The fourth-order valence-corrected chi connectivity index (χ4v) is 2.72. The lowest BCUT2D eigenvalue weighted by Crippen LogP contribution is -2.29. The van der Waals surface area contributed by atoms with Crippen LogP contribution in [0.5, 0.6) is 0 Å². The highest BCUT2D eigenvalue weighted by atomic mass is 19.2. The van der Waals surface area contributed by atoms with Gasteiger partial charge in [-0.15, -0.1) is 0 Å². The zero-order chi connectivity index (χ0) is 18.0. The van der Waals surface area contributed by atoms with E-state index in [4.69, 9.17) is 0 Å². The summed E-state index contributed by atoms with van der Waals surface area (Å²) < 4.78 is 28.6. The van der Waals surface area contributed by atoms with Gasteiger partial charge in [-0.3, -0.25) is 0 Å². The number of H-pyrrole nitrogens is 1. The minimum absolute atomic E-state index is 0.297. The molecule has 0 saturated heterocycles. The molecule has 132 valence electrons. The lowest BCUT2D eigenvalue weighted by Gasteiger charge is -2.17. The standard InChI is InChI=1S/C17H19F2N5O/c1-23(2)8-12(25)9-24-10-22-15(16(24)17-20-5-6-21-17)11-3-4-13(18)14(19)7-11/h3-7,10,12,25H,8-9H2,1-2H3,(H,20,21). The average molecular weight is 347 g/mol. The van der Waals surface area contributed by atoms with Gasteiger partial charge in [0.2, 0.25) is 0 Å². The van der Waals surface area contributed by atoms with Gasteiger partial charge in [-0.2, -0.15) is 0 Å². The van der Waals surface area contributed by atoms with Gasteiger partial charge in [0.05, 0.1) is 24.7 Å². The maximum absolute atomic E-state index is 13.6. The number of nitrogens with zero attached hydrogens (tertiary/aromatic N) is 4. The maximum atomic E-state index is 13.6. The monoisotopic (exact) mass is 347 g/mol. The first-order valence-corrected chi connectivity index (χ1v) is 7.79. The number of halogens is 2. The van der Waals surface area contributed by atoms with E-state index in [-0.39, 0.29) is 0 Å². The maximum Gasteiger partial charge on any atom is 0.159 e. The van der Waals surface area contributed by atoms with Crippen molar-refractivity contribution in [2.24, 2.45) is 0 Å². The molecular weight excluding hydrogens is 328 g/mol. The molecule has 25 heavy (non-hydrogen) atoms. The fraction of sp³-hybridized carbons (Fsp3) is 0.294. The van der Waals surface area contributed by atoms with E-state index >= 15 is 0 Å². The SMILES string of the molecule is CN(C)CC(O)Cn1cnc(-c2ccc(F)c(F)c2)c1-c1ncc[nH]1. The number of rotatable bonds is 6. The summed E-state index contributed by atoms with van der Waals surface area (Å²) in [4.78, 5) is 13.4. The van der Waals surface area contributed by atoms with E-state index in [1.54, 1.807) is 23.3 Å². The van der Waals surface area contributed by atoms with Crippen molar-refractivity contribution in [3.8, 4) is 22.8 Å². The van der Waals surface area contributed by atoms with Crippen LogP contribution in [0.15, 0.2) is 36.9 Å². The van der Waals surface area contributed by atoms with Crippen molar-refractivity contribution in [2.45, 2.75) is 12.6 Å². The van der Waals surface area contributed by atoms with E-state index in [2.05, 4.69) is 15.0 Å². The van der Waals surface area contributed by atoms with Crippen molar-refractivity contribution in [1.82, 2.24) is 24.4 Å². The molecule has 2 aromatic heterocycles. The third-order valence-corrected chi connectivity index (χ3v) is 3.74. The Kier molecular flexibility index (Phi) is 4.91. The van der Waals surface area contributed by atoms with E-state index < -0.39 is 17.7 Å². The molecule has 0 amide bonds. The van der Waals surface area contributed by atoms with Crippen LogP contribution in [0, 0.1) is 11.6 Å². The largest absolute Gasteiger partial charge is 0.390 e. The molecule has 0 spiro atoms. The molecule has 0 aliphatic carbocycles. The van der Waals surface area contributed by atoms with Crippen LogP contribution in [-0.4, -0.2) is 56.3 Å². The Labute approximate surface area is 143 Å². The van der Waals surface area contributed by atoms with Crippen molar-refractivity contribution in [3.05, 3.63) is 48.6 Å². The van der Waals surface area contributed by atoms with Crippen molar-refractivity contribution >= 4 is 0 Å². The van der Waals surface area contributed by atoms with Crippen LogP contribution in [0.25, 0.3) is 22.8 Å². The number of aliphatic hydroxyl groups is 1. The highest BCUT2D eigenvalue weighted by molar-refractivity contribution is 5.75. The van der Waals surface area contributed by atoms with Crippen LogP contribution in [0.1, 0.15) is 0 Å². The van der Waals surface area contributed by atoms with Crippen LogP contribution < -0.4 is 0 Å². The topological polar surface area (TPSA) is 70.0 Å². The molecule has 0 fully saturated rings. The van der Waals surface area contributed by atoms with Crippen molar-refractivity contribution in [2.75, 3.05) is 20.6 Å².